The number of hydrogen-bond donors (Lipinski definition) is 1. The molecule has 0 aliphatic heterocycles. The molecule has 0 aliphatic rings. The Hall–Kier alpha value is -1.65. The lowest BCUT2D eigenvalue weighted by Gasteiger charge is -1.94. The van der Waals surface area contributed by atoms with Crippen LogP contribution in [0.5, 0.6) is 0 Å². The van der Waals surface area contributed by atoms with E-state index in [0.717, 1.165) is 16.3 Å². The molecule has 0 fully saturated rings. The zero-order chi connectivity index (χ0) is 12.5. The van der Waals surface area contributed by atoms with E-state index in [1.807, 2.05) is 19.2 Å². The Kier molecular flexibility index (Phi) is 2.89. The van der Waals surface area contributed by atoms with Crippen LogP contribution in [0.4, 0.5) is 0 Å². The summed E-state index contributed by atoms with van der Waals surface area (Å²) in [6.45, 7) is 0.155. The highest BCUT2D eigenvalue weighted by molar-refractivity contribution is 7.09. The minimum Gasteiger partial charge on any atom is -0.396 e. The van der Waals surface area contributed by atoms with Crippen LogP contribution < -0.4 is 0 Å². The molecule has 1 N–H and O–H groups in total. The molecular formula is C14H14N2OS. The maximum atomic E-state index is 8.94. The van der Waals surface area contributed by atoms with Gasteiger partial charge in [0.25, 0.3) is 0 Å². The Morgan fingerprint density at radius 2 is 2.17 bits per heavy atom. The molecular weight excluding hydrogens is 244 g/mol. The third kappa shape index (κ3) is 1.83. The maximum Gasteiger partial charge on any atom is 0.0955 e. The van der Waals surface area contributed by atoms with Crippen molar-refractivity contribution in [2.75, 3.05) is 6.61 Å². The van der Waals surface area contributed by atoms with E-state index in [2.05, 4.69) is 33.3 Å². The van der Waals surface area contributed by atoms with Crippen molar-refractivity contribution in [3.05, 3.63) is 40.8 Å². The second kappa shape index (κ2) is 4.55. The summed E-state index contributed by atoms with van der Waals surface area (Å²) in [6, 6.07) is 8.33. The first-order valence-electron chi connectivity index (χ1n) is 5.89. The molecule has 0 saturated heterocycles. The average Bonchev–Trinajstić information content (AvgIpc) is 2.96. The van der Waals surface area contributed by atoms with E-state index in [0.29, 0.717) is 6.42 Å². The standard InChI is InChI=1S/C14H14N2OS/c1-16-8-11(10-4-2-3-5-13(10)16)12-9-18-14(15-12)6-7-17/h2-5,8-9,17H,6-7H2,1H3. The summed E-state index contributed by atoms with van der Waals surface area (Å²) in [6.07, 6.45) is 2.75. The molecule has 0 unspecified atom stereocenters. The van der Waals surface area contributed by atoms with Gasteiger partial charge < -0.3 is 9.67 Å². The first-order chi connectivity index (χ1) is 8.79. The number of para-hydroxylation sites is 1. The predicted octanol–water partition coefficient (Wildman–Crippen LogP) is 2.84. The molecule has 3 nitrogen and oxygen atoms in total. The quantitative estimate of drug-likeness (QED) is 0.784. The van der Waals surface area contributed by atoms with Gasteiger partial charge in [-0.2, -0.15) is 0 Å². The Balaban J connectivity index is 2.13. The van der Waals surface area contributed by atoms with Crippen molar-refractivity contribution < 1.29 is 5.11 Å². The van der Waals surface area contributed by atoms with Gasteiger partial charge in [-0.15, -0.1) is 11.3 Å². The SMILES string of the molecule is Cn1cc(-c2csc(CCO)n2)c2ccccc21. The van der Waals surface area contributed by atoms with Crippen LogP contribution in [0.2, 0.25) is 0 Å². The molecule has 2 aromatic heterocycles. The van der Waals surface area contributed by atoms with Crippen molar-refractivity contribution in [2.24, 2.45) is 7.05 Å². The number of aliphatic hydroxyl groups is 1. The first-order valence-corrected chi connectivity index (χ1v) is 6.77. The molecule has 3 aromatic rings. The number of aryl methyl sites for hydroxylation is 1. The lowest BCUT2D eigenvalue weighted by molar-refractivity contribution is 0.299. The Morgan fingerprint density at radius 3 is 3.00 bits per heavy atom. The molecule has 0 radical (unpaired) electrons. The van der Waals surface area contributed by atoms with Gasteiger partial charge in [0.15, 0.2) is 0 Å². The molecule has 0 atom stereocenters. The number of rotatable bonds is 3. The van der Waals surface area contributed by atoms with E-state index in [9.17, 15) is 0 Å². The number of aromatic nitrogens is 2. The second-order valence-electron chi connectivity index (χ2n) is 4.27. The summed E-state index contributed by atoms with van der Waals surface area (Å²) >= 11 is 1.61. The molecule has 0 saturated carbocycles. The molecule has 0 spiro atoms. The van der Waals surface area contributed by atoms with Crippen LogP contribution in [0, 0.1) is 0 Å². The van der Waals surface area contributed by atoms with Gasteiger partial charge in [-0.05, 0) is 6.07 Å². The summed E-state index contributed by atoms with van der Waals surface area (Å²) in [4.78, 5) is 4.58. The van der Waals surface area contributed by atoms with Crippen LogP contribution in [-0.4, -0.2) is 21.3 Å². The van der Waals surface area contributed by atoms with Crippen LogP contribution in [0.1, 0.15) is 5.01 Å². The Morgan fingerprint density at radius 1 is 1.33 bits per heavy atom. The normalized spacial score (nSPS) is 11.2. The van der Waals surface area contributed by atoms with E-state index in [4.69, 9.17) is 5.11 Å². The van der Waals surface area contributed by atoms with E-state index in [1.54, 1.807) is 11.3 Å². The highest BCUT2D eigenvalue weighted by atomic mass is 32.1. The molecule has 0 amide bonds. The number of fused-ring (bicyclic) bond motifs is 1. The van der Waals surface area contributed by atoms with E-state index in [1.165, 1.54) is 10.9 Å². The molecule has 0 aliphatic carbocycles. The van der Waals surface area contributed by atoms with Crippen molar-refractivity contribution in [3.63, 3.8) is 0 Å². The number of thiazole rings is 1. The van der Waals surface area contributed by atoms with Crippen molar-refractivity contribution in [1.29, 1.82) is 0 Å². The number of benzene rings is 1. The van der Waals surface area contributed by atoms with E-state index < -0.39 is 0 Å². The van der Waals surface area contributed by atoms with Gasteiger partial charge in [-0.25, -0.2) is 4.98 Å². The third-order valence-corrected chi connectivity index (χ3v) is 3.96. The van der Waals surface area contributed by atoms with Crippen LogP contribution in [0.25, 0.3) is 22.2 Å². The largest absolute Gasteiger partial charge is 0.396 e. The molecule has 18 heavy (non-hydrogen) atoms. The van der Waals surface area contributed by atoms with Crippen molar-refractivity contribution in [2.45, 2.75) is 6.42 Å². The summed E-state index contributed by atoms with van der Waals surface area (Å²) in [5, 5.41) is 13.2. The summed E-state index contributed by atoms with van der Waals surface area (Å²) in [7, 11) is 2.05. The fourth-order valence-corrected chi connectivity index (χ4v) is 2.98. The average molecular weight is 258 g/mol. The molecule has 0 bridgehead atoms. The summed E-state index contributed by atoms with van der Waals surface area (Å²) in [5.74, 6) is 0. The maximum absolute atomic E-state index is 8.94. The first kappa shape index (κ1) is 11.4. The van der Waals surface area contributed by atoms with E-state index in [-0.39, 0.29) is 6.61 Å². The van der Waals surface area contributed by atoms with Crippen LogP contribution >= 0.6 is 11.3 Å². The van der Waals surface area contributed by atoms with Gasteiger partial charge in [0, 0.05) is 48.1 Å². The highest BCUT2D eigenvalue weighted by Crippen LogP contribution is 2.30. The smallest absolute Gasteiger partial charge is 0.0955 e. The topological polar surface area (TPSA) is 38.0 Å². The zero-order valence-electron chi connectivity index (χ0n) is 10.1. The van der Waals surface area contributed by atoms with Gasteiger partial charge in [0.05, 0.1) is 10.7 Å². The molecule has 92 valence electrons. The van der Waals surface area contributed by atoms with Crippen molar-refractivity contribution in [3.8, 4) is 11.3 Å². The monoisotopic (exact) mass is 258 g/mol. The molecule has 4 heteroatoms. The van der Waals surface area contributed by atoms with Crippen LogP contribution in [-0.2, 0) is 13.5 Å². The van der Waals surface area contributed by atoms with Gasteiger partial charge >= 0.3 is 0 Å². The minimum atomic E-state index is 0.155. The molecule has 1 aromatic carbocycles. The highest BCUT2D eigenvalue weighted by Gasteiger charge is 2.11. The third-order valence-electron chi connectivity index (χ3n) is 3.05. The lowest BCUT2D eigenvalue weighted by Crippen LogP contribution is -1.88. The van der Waals surface area contributed by atoms with Gasteiger partial charge in [0.2, 0.25) is 0 Å². The van der Waals surface area contributed by atoms with Gasteiger partial charge in [-0.1, -0.05) is 18.2 Å². The van der Waals surface area contributed by atoms with Gasteiger partial charge in [0.1, 0.15) is 0 Å². The van der Waals surface area contributed by atoms with Crippen molar-refractivity contribution >= 4 is 22.2 Å². The fourth-order valence-electron chi connectivity index (χ4n) is 2.19. The predicted molar refractivity (Wildman–Crippen MR) is 74.8 cm³/mol. The fraction of sp³-hybridized carbons (Fsp3) is 0.214. The van der Waals surface area contributed by atoms with Crippen LogP contribution in [0.3, 0.4) is 0 Å². The Labute approximate surface area is 109 Å². The number of hydrogen-bond acceptors (Lipinski definition) is 3. The van der Waals surface area contributed by atoms with Crippen LogP contribution in [0.15, 0.2) is 35.8 Å². The minimum absolute atomic E-state index is 0.155. The number of nitrogens with zero attached hydrogens (tertiary/aromatic N) is 2. The van der Waals surface area contributed by atoms with E-state index >= 15 is 0 Å². The lowest BCUT2D eigenvalue weighted by atomic mass is 10.1. The molecule has 3 rings (SSSR count). The zero-order valence-corrected chi connectivity index (χ0v) is 10.9. The second-order valence-corrected chi connectivity index (χ2v) is 5.21. The number of aliphatic hydroxyl groups excluding tert-OH is 1. The molecule has 2 heterocycles. The van der Waals surface area contributed by atoms with Crippen molar-refractivity contribution in [1.82, 2.24) is 9.55 Å². The van der Waals surface area contributed by atoms with Gasteiger partial charge in [-0.3, -0.25) is 0 Å². The Bertz CT molecular complexity index is 684. The summed E-state index contributed by atoms with van der Waals surface area (Å²) < 4.78 is 2.12. The summed E-state index contributed by atoms with van der Waals surface area (Å²) in [5.41, 5.74) is 3.37.